The molecule has 0 aliphatic carbocycles. The van der Waals surface area contributed by atoms with Crippen molar-refractivity contribution in [1.82, 2.24) is 0 Å². The molecule has 17 heavy (non-hydrogen) atoms. The summed E-state index contributed by atoms with van der Waals surface area (Å²) in [6.07, 6.45) is 4.06. The van der Waals surface area contributed by atoms with Crippen LogP contribution in [0.3, 0.4) is 0 Å². The summed E-state index contributed by atoms with van der Waals surface area (Å²) in [5.74, 6) is 0.603. The molecule has 0 aromatic heterocycles. The molecule has 0 aliphatic heterocycles. The van der Waals surface area contributed by atoms with Crippen LogP contribution in [0, 0.1) is 16.7 Å². The molecule has 0 amide bonds. The maximum atomic E-state index is 12.4. The zero-order valence-corrected chi connectivity index (χ0v) is 12.6. The van der Waals surface area contributed by atoms with E-state index in [-0.39, 0.29) is 16.7 Å². The van der Waals surface area contributed by atoms with Crippen molar-refractivity contribution in [2.75, 3.05) is 6.54 Å². The van der Waals surface area contributed by atoms with E-state index >= 15 is 0 Å². The Morgan fingerprint density at radius 3 is 1.94 bits per heavy atom. The Hall–Kier alpha value is -0.370. The lowest BCUT2D eigenvalue weighted by molar-refractivity contribution is -0.131. The second-order valence-electron chi connectivity index (χ2n) is 7.36. The predicted octanol–water partition coefficient (Wildman–Crippen LogP) is 3.78. The van der Waals surface area contributed by atoms with E-state index in [9.17, 15) is 4.79 Å². The average Bonchev–Trinajstić information content (AvgIpc) is 2.12. The molecule has 0 radical (unpaired) electrons. The number of Topliss-reactive ketones (excluding diaryl/α,β-unsaturated/α-hetero) is 1. The van der Waals surface area contributed by atoms with Crippen molar-refractivity contribution in [3.8, 4) is 0 Å². The topological polar surface area (TPSA) is 43.1 Å². The molecule has 2 nitrogen and oxygen atoms in total. The summed E-state index contributed by atoms with van der Waals surface area (Å²) >= 11 is 0. The minimum atomic E-state index is -0.224. The molecule has 0 bridgehead atoms. The number of carbonyl (C=O) groups is 1. The number of hydrogen-bond donors (Lipinski definition) is 1. The van der Waals surface area contributed by atoms with E-state index in [1.165, 1.54) is 0 Å². The summed E-state index contributed by atoms with van der Waals surface area (Å²) < 4.78 is 0. The number of hydrogen-bond acceptors (Lipinski definition) is 2. The van der Waals surface area contributed by atoms with Crippen molar-refractivity contribution in [1.29, 1.82) is 0 Å². The zero-order chi connectivity index (χ0) is 13.7. The van der Waals surface area contributed by atoms with Crippen molar-refractivity contribution in [2.45, 2.75) is 67.2 Å². The van der Waals surface area contributed by atoms with Gasteiger partial charge in [-0.05, 0) is 31.2 Å². The van der Waals surface area contributed by atoms with Gasteiger partial charge in [0.05, 0.1) is 0 Å². The van der Waals surface area contributed by atoms with E-state index in [2.05, 4.69) is 20.8 Å². The number of carbonyl (C=O) groups excluding carboxylic acids is 1. The molecule has 0 aromatic carbocycles. The van der Waals surface area contributed by atoms with Gasteiger partial charge in [0.25, 0.3) is 0 Å². The van der Waals surface area contributed by atoms with Crippen molar-refractivity contribution in [3.63, 3.8) is 0 Å². The second-order valence-corrected chi connectivity index (χ2v) is 7.36. The minimum Gasteiger partial charge on any atom is -0.330 e. The van der Waals surface area contributed by atoms with Crippen LogP contribution in [0.25, 0.3) is 0 Å². The summed E-state index contributed by atoms with van der Waals surface area (Å²) in [6, 6.07) is 0. The summed E-state index contributed by atoms with van der Waals surface area (Å²) in [5, 5.41) is 0. The van der Waals surface area contributed by atoms with Gasteiger partial charge in [-0.25, -0.2) is 0 Å². The van der Waals surface area contributed by atoms with E-state index in [4.69, 9.17) is 5.73 Å². The average molecular weight is 241 g/mol. The quantitative estimate of drug-likeness (QED) is 0.719. The maximum Gasteiger partial charge on any atom is 0.141 e. The van der Waals surface area contributed by atoms with Crippen LogP contribution in [-0.2, 0) is 4.79 Å². The molecule has 0 spiro atoms. The van der Waals surface area contributed by atoms with Gasteiger partial charge in [-0.15, -0.1) is 0 Å². The van der Waals surface area contributed by atoms with E-state index in [1.54, 1.807) is 0 Å². The molecule has 0 aromatic rings. The highest BCUT2D eigenvalue weighted by molar-refractivity contribution is 5.85. The number of ketones is 1. The summed E-state index contributed by atoms with van der Waals surface area (Å²) in [7, 11) is 0. The third-order valence-electron chi connectivity index (χ3n) is 2.98. The highest BCUT2D eigenvalue weighted by Crippen LogP contribution is 2.32. The Bertz CT molecular complexity index is 232. The number of rotatable bonds is 6. The molecule has 0 unspecified atom stereocenters. The van der Waals surface area contributed by atoms with Crippen molar-refractivity contribution in [3.05, 3.63) is 0 Å². The van der Waals surface area contributed by atoms with Gasteiger partial charge in [0.15, 0.2) is 0 Å². The minimum absolute atomic E-state index is 0.196. The van der Waals surface area contributed by atoms with Crippen LogP contribution in [0.15, 0.2) is 0 Å². The first kappa shape index (κ1) is 16.6. The second kappa shape index (κ2) is 6.53. The van der Waals surface area contributed by atoms with Gasteiger partial charge in [-0.2, -0.15) is 0 Å². The first-order valence-electron chi connectivity index (χ1n) is 6.82. The molecule has 0 fully saturated rings. The largest absolute Gasteiger partial charge is 0.330 e. The Morgan fingerprint density at radius 1 is 1.06 bits per heavy atom. The molecule has 1 atom stereocenters. The zero-order valence-electron chi connectivity index (χ0n) is 12.6. The van der Waals surface area contributed by atoms with Crippen LogP contribution >= 0.6 is 0 Å². The number of unbranched alkanes of at least 4 members (excludes halogenated alkanes) is 1. The van der Waals surface area contributed by atoms with Gasteiger partial charge >= 0.3 is 0 Å². The maximum absolute atomic E-state index is 12.4. The smallest absolute Gasteiger partial charge is 0.141 e. The third kappa shape index (κ3) is 7.54. The third-order valence-corrected chi connectivity index (χ3v) is 2.98. The molecule has 2 heteroatoms. The Morgan fingerprint density at radius 2 is 1.59 bits per heavy atom. The Labute approximate surface area is 107 Å². The fourth-order valence-electron chi connectivity index (χ4n) is 2.21. The summed E-state index contributed by atoms with van der Waals surface area (Å²) in [4.78, 5) is 12.4. The standard InChI is InChI=1S/C15H31NO/c1-14(2,3)11-12(9-7-8-10-16)13(17)15(4,5)6/h12H,7-11,16H2,1-6H3/t12-/m0/s1. The Kier molecular flexibility index (Phi) is 6.39. The molecular formula is C15H31NO. The molecule has 0 saturated heterocycles. The normalized spacial score (nSPS) is 14.8. The monoisotopic (exact) mass is 241 g/mol. The molecule has 0 heterocycles. The molecule has 0 rings (SSSR count). The van der Waals surface area contributed by atoms with E-state index in [0.29, 0.717) is 5.78 Å². The Balaban J connectivity index is 4.56. The van der Waals surface area contributed by atoms with Gasteiger partial charge in [0.2, 0.25) is 0 Å². The van der Waals surface area contributed by atoms with Crippen molar-refractivity contribution in [2.24, 2.45) is 22.5 Å². The highest BCUT2D eigenvalue weighted by Gasteiger charge is 2.31. The van der Waals surface area contributed by atoms with E-state index < -0.39 is 0 Å². The number of nitrogens with two attached hydrogens (primary N) is 1. The first-order valence-corrected chi connectivity index (χ1v) is 6.82. The molecular weight excluding hydrogens is 210 g/mol. The SMILES string of the molecule is CC(C)(C)C[C@H](CCCCN)C(=O)C(C)(C)C. The van der Waals surface area contributed by atoms with Gasteiger partial charge in [-0.3, -0.25) is 4.79 Å². The van der Waals surface area contributed by atoms with Crippen LogP contribution in [0.4, 0.5) is 0 Å². The van der Waals surface area contributed by atoms with Crippen LogP contribution in [-0.4, -0.2) is 12.3 Å². The van der Waals surface area contributed by atoms with Gasteiger partial charge < -0.3 is 5.73 Å². The fourth-order valence-corrected chi connectivity index (χ4v) is 2.21. The van der Waals surface area contributed by atoms with Crippen LogP contribution in [0.2, 0.25) is 0 Å². The summed E-state index contributed by atoms with van der Waals surface area (Å²) in [5.41, 5.74) is 5.51. The van der Waals surface area contributed by atoms with Crippen LogP contribution in [0.5, 0.6) is 0 Å². The molecule has 0 saturated carbocycles. The molecule has 0 aliphatic rings. The molecule has 2 N–H and O–H groups in total. The summed E-state index contributed by atoms with van der Waals surface area (Å²) in [6.45, 7) is 13.4. The van der Waals surface area contributed by atoms with Gasteiger partial charge in [0.1, 0.15) is 5.78 Å². The van der Waals surface area contributed by atoms with E-state index in [1.807, 2.05) is 20.8 Å². The molecule has 102 valence electrons. The van der Waals surface area contributed by atoms with Gasteiger partial charge in [0, 0.05) is 11.3 Å². The highest BCUT2D eigenvalue weighted by atomic mass is 16.1. The fraction of sp³-hybridized carbons (Fsp3) is 0.933. The lowest BCUT2D eigenvalue weighted by Gasteiger charge is -2.30. The first-order chi connectivity index (χ1) is 7.58. The lowest BCUT2D eigenvalue weighted by Crippen LogP contribution is -2.31. The van der Waals surface area contributed by atoms with Crippen LogP contribution < -0.4 is 5.73 Å². The predicted molar refractivity (Wildman–Crippen MR) is 74.9 cm³/mol. The lowest BCUT2D eigenvalue weighted by atomic mass is 9.74. The van der Waals surface area contributed by atoms with Crippen molar-refractivity contribution < 1.29 is 4.79 Å². The van der Waals surface area contributed by atoms with Gasteiger partial charge in [-0.1, -0.05) is 48.0 Å². The van der Waals surface area contributed by atoms with Crippen molar-refractivity contribution >= 4 is 5.78 Å². The van der Waals surface area contributed by atoms with E-state index in [0.717, 1.165) is 32.2 Å². The van der Waals surface area contributed by atoms with Crippen LogP contribution in [0.1, 0.15) is 67.2 Å².